The fraction of sp³-hybridized carbons (Fsp3) is 0.400. The van der Waals surface area contributed by atoms with Crippen molar-refractivity contribution in [2.75, 3.05) is 13.2 Å². The van der Waals surface area contributed by atoms with Crippen LogP contribution in [0.5, 0.6) is 0 Å². The molecule has 2 rings (SSSR count). The Morgan fingerprint density at radius 3 is 3.00 bits per heavy atom. The van der Waals surface area contributed by atoms with Crippen molar-refractivity contribution < 1.29 is 4.74 Å². The molecule has 0 saturated carbocycles. The van der Waals surface area contributed by atoms with Gasteiger partial charge in [0.25, 0.3) is 0 Å². The van der Waals surface area contributed by atoms with Gasteiger partial charge in [0, 0.05) is 37.0 Å². The molecule has 0 amide bonds. The van der Waals surface area contributed by atoms with Crippen molar-refractivity contribution in [2.45, 2.75) is 25.8 Å². The molecule has 0 radical (unpaired) electrons. The number of hydrazine groups is 1. The minimum Gasteiger partial charge on any atom is -0.381 e. The standard InChI is InChI=1S/C15H21N3O/c1-2-9-19-10-7-15(18-16)13-5-3-4-12-6-8-17-11-14(12)13/h3-6,8,11,15,18H,2,7,9-10,16H2,1H3. The molecule has 0 aliphatic rings. The summed E-state index contributed by atoms with van der Waals surface area (Å²) >= 11 is 0. The average Bonchev–Trinajstić information content (AvgIpc) is 2.47. The Bertz CT molecular complexity index is 510. The van der Waals surface area contributed by atoms with Crippen molar-refractivity contribution >= 4 is 10.8 Å². The number of ether oxygens (including phenoxy) is 1. The highest BCUT2D eigenvalue weighted by Gasteiger charge is 2.12. The van der Waals surface area contributed by atoms with Crippen molar-refractivity contribution in [1.82, 2.24) is 10.4 Å². The van der Waals surface area contributed by atoms with Crippen LogP contribution in [0.3, 0.4) is 0 Å². The van der Waals surface area contributed by atoms with Crippen LogP contribution in [0.2, 0.25) is 0 Å². The Morgan fingerprint density at radius 1 is 1.32 bits per heavy atom. The van der Waals surface area contributed by atoms with Gasteiger partial charge in [-0.15, -0.1) is 0 Å². The first-order valence-corrected chi connectivity index (χ1v) is 6.73. The molecule has 0 bridgehead atoms. The molecule has 1 aromatic heterocycles. The van der Waals surface area contributed by atoms with Gasteiger partial charge in [-0.1, -0.05) is 25.1 Å². The van der Waals surface area contributed by atoms with Gasteiger partial charge in [-0.25, -0.2) is 0 Å². The van der Waals surface area contributed by atoms with Crippen molar-refractivity contribution in [1.29, 1.82) is 0 Å². The second kappa shape index (κ2) is 7.19. The highest BCUT2D eigenvalue weighted by Crippen LogP contribution is 2.25. The second-order valence-electron chi connectivity index (χ2n) is 4.56. The number of hydrogen-bond donors (Lipinski definition) is 2. The monoisotopic (exact) mass is 259 g/mol. The van der Waals surface area contributed by atoms with Gasteiger partial charge in [0.2, 0.25) is 0 Å². The Hall–Kier alpha value is -1.49. The van der Waals surface area contributed by atoms with Crippen LogP contribution < -0.4 is 11.3 Å². The molecule has 1 aromatic carbocycles. The first-order chi connectivity index (χ1) is 9.36. The van der Waals surface area contributed by atoms with E-state index in [2.05, 4.69) is 35.5 Å². The fourth-order valence-electron chi connectivity index (χ4n) is 2.22. The highest BCUT2D eigenvalue weighted by molar-refractivity contribution is 5.85. The maximum Gasteiger partial charge on any atom is 0.0488 e. The number of nitrogens with one attached hydrogen (secondary N) is 1. The van der Waals surface area contributed by atoms with E-state index in [-0.39, 0.29) is 6.04 Å². The van der Waals surface area contributed by atoms with E-state index in [9.17, 15) is 0 Å². The lowest BCUT2D eigenvalue weighted by atomic mass is 9.99. The zero-order chi connectivity index (χ0) is 13.5. The molecule has 0 spiro atoms. The van der Waals surface area contributed by atoms with Crippen molar-refractivity contribution in [3.05, 3.63) is 42.2 Å². The third kappa shape index (κ3) is 3.50. The summed E-state index contributed by atoms with van der Waals surface area (Å²) in [5, 5.41) is 2.32. The van der Waals surface area contributed by atoms with Crippen molar-refractivity contribution in [2.24, 2.45) is 5.84 Å². The zero-order valence-corrected chi connectivity index (χ0v) is 11.3. The van der Waals surface area contributed by atoms with Crippen LogP contribution in [0.1, 0.15) is 31.4 Å². The molecule has 0 aliphatic carbocycles. The second-order valence-corrected chi connectivity index (χ2v) is 4.56. The molecule has 1 unspecified atom stereocenters. The third-order valence-electron chi connectivity index (χ3n) is 3.19. The summed E-state index contributed by atoms with van der Waals surface area (Å²) in [7, 11) is 0. The van der Waals surface area contributed by atoms with Crippen LogP contribution in [0, 0.1) is 0 Å². The number of aromatic nitrogens is 1. The molecule has 1 atom stereocenters. The minimum atomic E-state index is 0.0877. The third-order valence-corrected chi connectivity index (χ3v) is 3.19. The number of pyridine rings is 1. The zero-order valence-electron chi connectivity index (χ0n) is 11.3. The lowest BCUT2D eigenvalue weighted by Crippen LogP contribution is -2.29. The first-order valence-electron chi connectivity index (χ1n) is 6.73. The Labute approximate surface area is 113 Å². The van der Waals surface area contributed by atoms with E-state index in [1.165, 1.54) is 10.9 Å². The lowest BCUT2D eigenvalue weighted by molar-refractivity contribution is 0.124. The lowest BCUT2D eigenvalue weighted by Gasteiger charge is -2.18. The summed E-state index contributed by atoms with van der Waals surface area (Å²) < 4.78 is 5.54. The van der Waals surface area contributed by atoms with Gasteiger partial charge in [0.15, 0.2) is 0 Å². The molecule has 1 heterocycles. The van der Waals surface area contributed by atoms with Gasteiger partial charge in [0.05, 0.1) is 0 Å². The summed E-state index contributed by atoms with van der Waals surface area (Å²) in [5.74, 6) is 5.68. The fourth-order valence-corrected chi connectivity index (χ4v) is 2.22. The summed E-state index contributed by atoms with van der Waals surface area (Å²) in [5.41, 5.74) is 4.05. The minimum absolute atomic E-state index is 0.0877. The highest BCUT2D eigenvalue weighted by atomic mass is 16.5. The van der Waals surface area contributed by atoms with Gasteiger partial charge in [-0.3, -0.25) is 16.3 Å². The van der Waals surface area contributed by atoms with E-state index in [0.29, 0.717) is 6.61 Å². The Morgan fingerprint density at radius 2 is 2.21 bits per heavy atom. The smallest absolute Gasteiger partial charge is 0.0488 e. The molecule has 4 heteroatoms. The number of fused-ring (bicyclic) bond motifs is 1. The number of hydrogen-bond acceptors (Lipinski definition) is 4. The maximum atomic E-state index is 5.68. The van der Waals surface area contributed by atoms with Gasteiger partial charge in [-0.05, 0) is 29.9 Å². The van der Waals surface area contributed by atoms with Crippen LogP contribution >= 0.6 is 0 Å². The molecule has 102 valence electrons. The number of nitrogens with two attached hydrogens (primary N) is 1. The normalized spacial score (nSPS) is 12.7. The quantitative estimate of drug-likeness (QED) is 0.456. The Kier molecular flexibility index (Phi) is 5.27. The van der Waals surface area contributed by atoms with Crippen LogP contribution in [-0.4, -0.2) is 18.2 Å². The van der Waals surface area contributed by atoms with Crippen molar-refractivity contribution in [3.8, 4) is 0 Å². The van der Waals surface area contributed by atoms with Gasteiger partial charge in [-0.2, -0.15) is 0 Å². The molecule has 2 aromatic rings. The topological polar surface area (TPSA) is 60.2 Å². The van der Waals surface area contributed by atoms with Crippen LogP contribution in [-0.2, 0) is 4.74 Å². The molecule has 19 heavy (non-hydrogen) atoms. The van der Waals surface area contributed by atoms with Gasteiger partial charge in [0.1, 0.15) is 0 Å². The molecule has 0 fully saturated rings. The van der Waals surface area contributed by atoms with E-state index in [1.807, 2.05) is 12.3 Å². The van der Waals surface area contributed by atoms with Gasteiger partial charge < -0.3 is 4.74 Å². The molecular weight excluding hydrogens is 238 g/mol. The predicted octanol–water partition coefficient (Wildman–Crippen LogP) is 2.56. The average molecular weight is 259 g/mol. The van der Waals surface area contributed by atoms with E-state index < -0.39 is 0 Å². The SMILES string of the molecule is CCCOCCC(NN)c1cccc2ccncc12. The van der Waals surface area contributed by atoms with Gasteiger partial charge >= 0.3 is 0 Å². The van der Waals surface area contributed by atoms with E-state index in [1.54, 1.807) is 6.20 Å². The first kappa shape index (κ1) is 13.9. The Balaban J connectivity index is 2.16. The van der Waals surface area contributed by atoms with Crippen molar-refractivity contribution in [3.63, 3.8) is 0 Å². The molecule has 0 saturated heterocycles. The molecular formula is C15H21N3O. The van der Waals surface area contributed by atoms with E-state index in [0.717, 1.165) is 24.8 Å². The van der Waals surface area contributed by atoms with Crippen LogP contribution in [0.15, 0.2) is 36.7 Å². The van der Waals surface area contributed by atoms with Crippen LogP contribution in [0.4, 0.5) is 0 Å². The summed E-state index contributed by atoms with van der Waals surface area (Å²) in [6.45, 7) is 3.61. The summed E-state index contributed by atoms with van der Waals surface area (Å²) in [4.78, 5) is 4.20. The molecule has 0 aliphatic heterocycles. The number of rotatable bonds is 7. The van der Waals surface area contributed by atoms with E-state index in [4.69, 9.17) is 10.6 Å². The van der Waals surface area contributed by atoms with E-state index >= 15 is 0 Å². The number of nitrogens with zero attached hydrogens (tertiary/aromatic N) is 1. The summed E-state index contributed by atoms with van der Waals surface area (Å²) in [6, 6.07) is 8.33. The largest absolute Gasteiger partial charge is 0.381 e. The maximum absolute atomic E-state index is 5.68. The molecule has 4 nitrogen and oxygen atoms in total. The molecule has 3 N–H and O–H groups in total. The predicted molar refractivity (Wildman–Crippen MR) is 77.5 cm³/mol. The van der Waals surface area contributed by atoms with Crippen LogP contribution in [0.25, 0.3) is 10.8 Å². The summed E-state index contributed by atoms with van der Waals surface area (Å²) in [6.07, 6.45) is 5.59. The number of benzene rings is 1.